The van der Waals surface area contributed by atoms with E-state index in [9.17, 15) is 14.0 Å². The summed E-state index contributed by atoms with van der Waals surface area (Å²) >= 11 is 1.55. The Bertz CT molecular complexity index is 820. The molecular formula is C21H22FNO3S. The number of ether oxygens (including phenoxy) is 1. The van der Waals surface area contributed by atoms with Crippen molar-refractivity contribution >= 4 is 29.3 Å². The van der Waals surface area contributed by atoms with Gasteiger partial charge in [0.2, 0.25) is 5.91 Å². The summed E-state index contributed by atoms with van der Waals surface area (Å²) in [6, 6.07) is 10.3. The molecular weight excluding hydrogens is 365 g/mol. The number of piperidine rings is 1. The third kappa shape index (κ3) is 5.04. The van der Waals surface area contributed by atoms with Crippen LogP contribution in [-0.4, -0.2) is 36.5 Å². The van der Waals surface area contributed by atoms with Gasteiger partial charge in [-0.3, -0.25) is 9.59 Å². The van der Waals surface area contributed by atoms with Crippen molar-refractivity contribution in [3.63, 3.8) is 0 Å². The van der Waals surface area contributed by atoms with E-state index < -0.39 is 0 Å². The minimum atomic E-state index is -0.257. The molecule has 27 heavy (non-hydrogen) atoms. The molecule has 0 spiro atoms. The zero-order chi connectivity index (χ0) is 19.2. The number of benzene rings is 1. The van der Waals surface area contributed by atoms with Gasteiger partial charge < -0.3 is 9.64 Å². The van der Waals surface area contributed by atoms with Crippen molar-refractivity contribution < 1.29 is 18.7 Å². The van der Waals surface area contributed by atoms with Crippen LogP contribution in [0.2, 0.25) is 0 Å². The average molecular weight is 387 g/mol. The second kappa shape index (κ2) is 8.95. The predicted molar refractivity (Wildman–Crippen MR) is 105 cm³/mol. The highest BCUT2D eigenvalue weighted by Gasteiger charge is 2.27. The lowest BCUT2D eigenvalue weighted by molar-refractivity contribution is -0.150. The number of thiophene rings is 1. The molecule has 2 heterocycles. The Morgan fingerprint density at radius 2 is 1.89 bits per heavy atom. The molecule has 1 aromatic carbocycles. The van der Waals surface area contributed by atoms with Crippen LogP contribution in [0.5, 0.6) is 0 Å². The molecule has 2 aromatic rings. The Balaban J connectivity index is 1.55. The van der Waals surface area contributed by atoms with Crippen molar-refractivity contribution in [3.05, 3.63) is 53.2 Å². The minimum Gasteiger partial charge on any atom is -0.466 e. The topological polar surface area (TPSA) is 46.6 Å². The van der Waals surface area contributed by atoms with Crippen LogP contribution >= 0.6 is 11.3 Å². The van der Waals surface area contributed by atoms with E-state index in [4.69, 9.17) is 4.74 Å². The van der Waals surface area contributed by atoms with Crippen molar-refractivity contribution in [2.24, 2.45) is 5.92 Å². The van der Waals surface area contributed by atoms with Gasteiger partial charge in [0.25, 0.3) is 0 Å². The molecule has 1 aromatic heterocycles. The van der Waals surface area contributed by atoms with Crippen molar-refractivity contribution in [1.29, 1.82) is 0 Å². The molecule has 0 atom stereocenters. The number of esters is 1. The van der Waals surface area contributed by atoms with Gasteiger partial charge in [-0.2, -0.15) is 0 Å². The first-order chi connectivity index (χ1) is 13.1. The third-order valence-electron chi connectivity index (χ3n) is 4.57. The maximum atomic E-state index is 13.0. The third-order valence-corrected chi connectivity index (χ3v) is 5.67. The van der Waals surface area contributed by atoms with E-state index in [2.05, 4.69) is 0 Å². The largest absolute Gasteiger partial charge is 0.466 e. The predicted octanol–water partition coefficient (Wildman–Crippen LogP) is 4.37. The Labute approximate surface area is 162 Å². The van der Waals surface area contributed by atoms with Crippen LogP contribution in [0.15, 0.2) is 42.5 Å². The van der Waals surface area contributed by atoms with E-state index in [1.54, 1.807) is 47.4 Å². The van der Waals surface area contributed by atoms with Crippen LogP contribution in [0.4, 0.5) is 4.39 Å². The van der Waals surface area contributed by atoms with Gasteiger partial charge in [0, 0.05) is 28.9 Å². The molecule has 0 aliphatic carbocycles. The zero-order valence-electron chi connectivity index (χ0n) is 15.2. The second-order valence-electron chi connectivity index (χ2n) is 6.39. The van der Waals surface area contributed by atoms with Crippen molar-refractivity contribution in [3.8, 4) is 10.4 Å². The van der Waals surface area contributed by atoms with E-state index in [-0.39, 0.29) is 23.6 Å². The molecule has 6 heteroatoms. The molecule has 0 radical (unpaired) electrons. The number of hydrogen-bond acceptors (Lipinski definition) is 4. The number of carbonyl (C=O) groups excluding carboxylic acids is 2. The van der Waals surface area contributed by atoms with Crippen molar-refractivity contribution in [1.82, 2.24) is 4.90 Å². The van der Waals surface area contributed by atoms with Crippen LogP contribution < -0.4 is 0 Å². The average Bonchev–Trinajstić information content (AvgIpc) is 3.16. The lowest BCUT2D eigenvalue weighted by Crippen LogP contribution is -2.39. The number of likely N-dealkylation sites (tertiary alicyclic amines) is 1. The number of amides is 1. The standard InChI is InChI=1S/C21H22FNO3S/c1-2-26-21(25)16-11-13-23(14-12-16)20(24)10-8-18-7-9-19(27-18)15-3-5-17(22)6-4-15/h3-10,16H,2,11-14H2,1H3/b10-8+. The van der Waals surface area contributed by atoms with Crippen LogP contribution in [0.1, 0.15) is 24.6 Å². The fourth-order valence-electron chi connectivity index (χ4n) is 3.07. The summed E-state index contributed by atoms with van der Waals surface area (Å²) in [4.78, 5) is 27.9. The molecule has 0 bridgehead atoms. The van der Waals surface area contributed by atoms with Gasteiger partial charge in [-0.15, -0.1) is 11.3 Å². The number of nitrogens with zero attached hydrogens (tertiary/aromatic N) is 1. The first-order valence-corrected chi connectivity index (χ1v) is 9.88. The van der Waals surface area contributed by atoms with Crippen molar-refractivity contribution in [2.75, 3.05) is 19.7 Å². The molecule has 3 rings (SSSR count). The molecule has 1 amide bonds. The summed E-state index contributed by atoms with van der Waals surface area (Å²) in [6.45, 7) is 3.32. The zero-order valence-corrected chi connectivity index (χ0v) is 16.0. The smallest absolute Gasteiger partial charge is 0.309 e. The quantitative estimate of drug-likeness (QED) is 0.565. The molecule has 0 saturated carbocycles. The summed E-state index contributed by atoms with van der Waals surface area (Å²) in [5, 5.41) is 0. The molecule has 0 unspecified atom stereocenters. The second-order valence-corrected chi connectivity index (χ2v) is 7.51. The number of rotatable bonds is 5. The maximum absolute atomic E-state index is 13.0. The molecule has 1 fully saturated rings. The SMILES string of the molecule is CCOC(=O)C1CCN(C(=O)/C=C/c2ccc(-c3ccc(F)cc3)s2)CC1. The van der Waals surface area contributed by atoms with Crippen LogP contribution in [0.3, 0.4) is 0 Å². The molecule has 4 nitrogen and oxygen atoms in total. The molecule has 1 saturated heterocycles. The lowest BCUT2D eigenvalue weighted by atomic mass is 9.97. The van der Waals surface area contributed by atoms with E-state index in [1.165, 1.54) is 12.1 Å². The summed E-state index contributed by atoms with van der Waals surface area (Å²) in [5.74, 6) is -0.567. The Morgan fingerprint density at radius 1 is 1.19 bits per heavy atom. The minimum absolute atomic E-state index is 0.0472. The summed E-state index contributed by atoms with van der Waals surface area (Å²) in [7, 11) is 0. The van der Waals surface area contributed by atoms with Gasteiger partial charge in [-0.25, -0.2) is 4.39 Å². The van der Waals surface area contributed by atoms with E-state index in [0.717, 1.165) is 15.3 Å². The Kier molecular flexibility index (Phi) is 6.40. The number of halogens is 1. The van der Waals surface area contributed by atoms with Gasteiger partial charge in [0.1, 0.15) is 5.82 Å². The summed E-state index contributed by atoms with van der Waals surface area (Å²) in [5.41, 5.74) is 0.952. The Morgan fingerprint density at radius 3 is 2.56 bits per heavy atom. The molecule has 142 valence electrons. The van der Waals surface area contributed by atoms with Gasteiger partial charge in [-0.05, 0) is 55.7 Å². The fraction of sp³-hybridized carbons (Fsp3) is 0.333. The van der Waals surface area contributed by atoms with Crippen LogP contribution in [0, 0.1) is 11.7 Å². The van der Waals surface area contributed by atoms with Crippen LogP contribution in [-0.2, 0) is 14.3 Å². The maximum Gasteiger partial charge on any atom is 0.309 e. The fourth-order valence-corrected chi connectivity index (χ4v) is 3.98. The van der Waals surface area contributed by atoms with E-state index in [0.29, 0.717) is 32.5 Å². The summed E-state index contributed by atoms with van der Waals surface area (Å²) in [6.07, 6.45) is 4.67. The van der Waals surface area contributed by atoms with Gasteiger partial charge >= 0.3 is 5.97 Å². The van der Waals surface area contributed by atoms with E-state index in [1.807, 2.05) is 12.1 Å². The summed E-state index contributed by atoms with van der Waals surface area (Å²) < 4.78 is 18.1. The molecule has 1 aliphatic heterocycles. The highest BCUT2D eigenvalue weighted by Crippen LogP contribution is 2.29. The van der Waals surface area contributed by atoms with Crippen molar-refractivity contribution in [2.45, 2.75) is 19.8 Å². The highest BCUT2D eigenvalue weighted by atomic mass is 32.1. The lowest BCUT2D eigenvalue weighted by Gasteiger charge is -2.30. The van der Waals surface area contributed by atoms with Crippen LogP contribution in [0.25, 0.3) is 16.5 Å². The van der Waals surface area contributed by atoms with Gasteiger partial charge in [0.15, 0.2) is 0 Å². The highest BCUT2D eigenvalue weighted by molar-refractivity contribution is 7.16. The number of hydrogen-bond donors (Lipinski definition) is 0. The Hall–Kier alpha value is -2.47. The van der Waals surface area contributed by atoms with Gasteiger partial charge in [-0.1, -0.05) is 12.1 Å². The molecule has 1 aliphatic rings. The number of carbonyl (C=O) groups is 2. The normalized spacial score (nSPS) is 15.3. The monoisotopic (exact) mass is 387 g/mol. The first kappa shape index (κ1) is 19.3. The first-order valence-electron chi connectivity index (χ1n) is 9.06. The van der Waals surface area contributed by atoms with Gasteiger partial charge in [0.05, 0.1) is 12.5 Å². The molecule has 0 N–H and O–H groups in total. The van der Waals surface area contributed by atoms with E-state index >= 15 is 0 Å².